The van der Waals surface area contributed by atoms with E-state index in [0.29, 0.717) is 25.1 Å². The lowest BCUT2D eigenvalue weighted by atomic mass is 10.0. The molecule has 0 radical (unpaired) electrons. The fourth-order valence-electron chi connectivity index (χ4n) is 2.75. The number of hydrogen-bond donors (Lipinski definition) is 3. The van der Waals surface area contributed by atoms with Gasteiger partial charge in [0.25, 0.3) is 5.91 Å². The van der Waals surface area contributed by atoms with E-state index in [0.717, 1.165) is 0 Å². The lowest BCUT2D eigenvalue weighted by molar-refractivity contribution is -0.158. The van der Waals surface area contributed by atoms with E-state index in [2.05, 4.69) is 15.3 Å². The SMILES string of the molecule is CCO[C@H]1CN(C(=O)C(=O)O)CCC1NC(=O)c1nc(Cl)c(CC)[nH]1. The highest BCUT2D eigenvalue weighted by Gasteiger charge is 2.35. The van der Waals surface area contributed by atoms with E-state index in [9.17, 15) is 14.4 Å². The Labute approximate surface area is 149 Å². The predicted octanol–water partition coefficient (Wildman–Crippen LogP) is 0.446. The smallest absolute Gasteiger partial charge is 0.394 e. The largest absolute Gasteiger partial charge is 0.474 e. The number of aromatic nitrogens is 2. The molecule has 1 aliphatic heterocycles. The highest BCUT2D eigenvalue weighted by atomic mass is 35.5. The molecule has 2 rings (SSSR count). The van der Waals surface area contributed by atoms with Crippen LogP contribution in [0.2, 0.25) is 5.15 Å². The Morgan fingerprint density at radius 1 is 1.44 bits per heavy atom. The van der Waals surface area contributed by atoms with E-state index in [1.54, 1.807) is 6.92 Å². The maximum absolute atomic E-state index is 12.4. The van der Waals surface area contributed by atoms with Crippen LogP contribution in [-0.2, 0) is 20.7 Å². The van der Waals surface area contributed by atoms with Crippen molar-refractivity contribution in [3.63, 3.8) is 0 Å². The predicted molar refractivity (Wildman–Crippen MR) is 88.5 cm³/mol. The van der Waals surface area contributed by atoms with Crippen molar-refractivity contribution < 1.29 is 24.2 Å². The normalized spacial score (nSPS) is 20.4. The van der Waals surface area contributed by atoms with E-state index >= 15 is 0 Å². The molecular weight excluding hydrogens is 352 g/mol. The Kier molecular flexibility index (Phi) is 6.38. The molecule has 1 saturated heterocycles. The van der Waals surface area contributed by atoms with Crippen molar-refractivity contribution in [1.82, 2.24) is 20.2 Å². The lowest BCUT2D eigenvalue weighted by Gasteiger charge is -2.37. The molecule has 1 unspecified atom stereocenters. The summed E-state index contributed by atoms with van der Waals surface area (Å²) in [7, 11) is 0. The Morgan fingerprint density at radius 3 is 2.72 bits per heavy atom. The fourth-order valence-corrected chi connectivity index (χ4v) is 3.02. The maximum atomic E-state index is 12.4. The molecular formula is C15H21ClN4O5. The van der Waals surface area contributed by atoms with Crippen molar-refractivity contribution in [3.05, 3.63) is 16.7 Å². The first kappa shape index (κ1) is 19.2. The number of H-pyrrole nitrogens is 1. The maximum Gasteiger partial charge on any atom is 0.394 e. The molecule has 2 heterocycles. The van der Waals surface area contributed by atoms with Crippen LogP contribution in [-0.4, -0.2) is 69.6 Å². The zero-order valence-corrected chi connectivity index (χ0v) is 14.8. The van der Waals surface area contributed by atoms with Crippen molar-refractivity contribution in [2.45, 2.75) is 38.8 Å². The third-order valence-corrected chi connectivity index (χ3v) is 4.34. The minimum atomic E-state index is -1.50. The summed E-state index contributed by atoms with van der Waals surface area (Å²) < 4.78 is 5.58. The minimum absolute atomic E-state index is 0.100. The Balaban J connectivity index is 2.05. The molecule has 25 heavy (non-hydrogen) atoms. The van der Waals surface area contributed by atoms with Crippen molar-refractivity contribution >= 4 is 29.4 Å². The van der Waals surface area contributed by atoms with Gasteiger partial charge in [-0.3, -0.25) is 9.59 Å². The second-order valence-electron chi connectivity index (χ2n) is 5.63. The number of aromatic amines is 1. The van der Waals surface area contributed by atoms with Gasteiger partial charge < -0.3 is 25.0 Å². The molecule has 2 amide bonds. The monoisotopic (exact) mass is 372 g/mol. The van der Waals surface area contributed by atoms with E-state index in [1.165, 1.54) is 4.90 Å². The average molecular weight is 373 g/mol. The number of nitrogens with one attached hydrogen (secondary N) is 2. The number of aliphatic carboxylic acids is 1. The van der Waals surface area contributed by atoms with Gasteiger partial charge in [-0.1, -0.05) is 18.5 Å². The van der Waals surface area contributed by atoms with Gasteiger partial charge in [0.2, 0.25) is 0 Å². The first-order valence-corrected chi connectivity index (χ1v) is 8.44. The number of nitrogens with zero attached hydrogens (tertiary/aromatic N) is 2. The summed E-state index contributed by atoms with van der Waals surface area (Å²) in [6.45, 7) is 4.37. The number of hydrogen-bond acceptors (Lipinski definition) is 5. The molecule has 138 valence electrons. The molecule has 10 heteroatoms. The van der Waals surface area contributed by atoms with Gasteiger partial charge in [0.05, 0.1) is 17.8 Å². The van der Waals surface area contributed by atoms with Crippen molar-refractivity contribution in [3.8, 4) is 0 Å². The molecule has 2 atom stereocenters. The minimum Gasteiger partial charge on any atom is -0.474 e. The molecule has 0 saturated carbocycles. The number of carbonyl (C=O) groups is 3. The highest BCUT2D eigenvalue weighted by Crippen LogP contribution is 2.17. The molecule has 1 aromatic heterocycles. The summed E-state index contributed by atoms with van der Waals surface area (Å²) >= 11 is 5.95. The second-order valence-corrected chi connectivity index (χ2v) is 5.99. The van der Waals surface area contributed by atoms with E-state index < -0.39 is 23.9 Å². The van der Waals surface area contributed by atoms with Gasteiger partial charge in [-0.2, -0.15) is 0 Å². The van der Waals surface area contributed by atoms with Gasteiger partial charge in [0.15, 0.2) is 11.0 Å². The van der Waals surface area contributed by atoms with Crippen LogP contribution in [0.25, 0.3) is 0 Å². The number of likely N-dealkylation sites (tertiary alicyclic amines) is 1. The van der Waals surface area contributed by atoms with Crippen LogP contribution in [0.15, 0.2) is 0 Å². The number of amides is 2. The Morgan fingerprint density at radius 2 is 2.16 bits per heavy atom. The molecule has 0 aliphatic carbocycles. The van der Waals surface area contributed by atoms with Gasteiger partial charge in [-0.25, -0.2) is 9.78 Å². The molecule has 3 N–H and O–H groups in total. The van der Waals surface area contributed by atoms with E-state index in [1.807, 2.05) is 6.92 Å². The van der Waals surface area contributed by atoms with Gasteiger partial charge in [0, 0.05) is 19.7 Å². The quantitative estimate of drug-likeness (QED) is 0.644. The van der Waals surface area contributed by atoms with Gasteiger partial charge >= 0.3 is 11.9 Å². The molecule has 0 aromatic carbocycles. The summed E-state index contributed by atoms with van der Waals surface area (Å²) in [6, 6.07) is -0.362. The van der Waals surface area contributed by atoms with Crippen LogP contribution in [0.3, 0.4) is 0 Å². The number of piperidine rings is 1. The first-order valence-electron chi connectivity index (χ1n) is 8.06. The standard InChI is InChI=1S/C15H21ClN4O5/c1-3-8-11(16)19-12(17-8)13(21)18-9-5-6-20(14(22)15(23)24)7-10(9)25-4-2/h9-10H,3-7H2,1-2H3,(H,17,19)(H,18,21)(H,23,24)/t9?,10-/m0/s1. The molecule has 1 aliphatic rings. The van der Waals surface area contributed by atoms with Crippen LogP contribution in [0.5, 0.6) is 0 Å². The van der Waals surface area contributed by atoms with Crippen molar-refractivity contribution in [1.29, 1.82) is 0 Å². The van der Waals surface area contributed by atoms with Crippen molar-refractivity contribution in [2.75, 3.05) is 19.7 Å². The van der Waals surface area contributed by atoms with Crippen LogP contribution in [0, 0.1) is 0 Å². The summed E-state index contributed by atoms with van der Waals surface area (Å²) in [4.78, 5) is 42.9. The van der Waals surface area contributed by atoms with Crippen LogP contribution < -0.4 is 5.32 Å². The molecule has 9 nitrogen and oxygen atoms in total. The number of imidazole rings is 1. The zero-order chi connectivity index (χ0) is 18.6. The Bertz CT molecular complexity index is 662. The lowest BCUT2D eigenvalue weighted by Crippen LogP contribution is -2.57. The molecule has 1 fully saturated rings. The zero-order valence-electron chi connectivity index (χ0n) is 14.0. The van der Waals surface area contributed by atoms with Crippen LogP contribution in [0.4, 0.5) is 0 Å². The first-order chi connectivity index (χ1) is 11.9. The molecule has 0 spiro atoms. The number of aryl methyl sites for hydroxylation is 1. The average Bonchev–Trinajstić information content (AvgIpc) is 2.96. The molecule has 0 bridgehead atoms. The highest BCUT2D eigenvalue weighted by molar-refractivity contribution is 6.31. The number of carboxylic acid groups (broad SMARTS) is 1. The number of carbonyl (C=O) groups excluding carboxylic acids is 2. The number of carboxylic acids is 1. The van der Waals surface area contributed by atoms with E-state index in [4.69, 9.17) is 21.4 Å². The second kappa shape index (κ2) is 8.30. The molecule has 1 aromatic rings. The number of ether oxygens (including phenoxy) is 1. The Hall–Kier alpha value is -2.13. The van der Waals surface area contributed by atoms with Crippen molar-refractivity contribution in [2.24, 2.45) is 0 Å². The number of halogens is 1. The third kappa shape index (κ3) is 4.49. The van der Waals surface area contributed by atoms with Gasteiger partial charge in [0.1, 0.15) is 0 Å². The van der Waals surface area contributed by atoms with E-state index in [-0.39, 0.29) is 30.1 Å². The van der Waals surface area contributed by atoms with Gasteiger partial charge in [-0.15, -0.1) is 0 Å². The third-order valence-electron chi connectivity index (χ3n) is 4.02. The summed E-state index contributed by atoms with van der Waals surface area (Å²) in [6.07, 6.45) is 0.503. The summed E-state index contributed by atoms with van der Waals surface area (Å²) in [5.41, 5.74) is 0.676. The number of rotatable bonds is 5. The topological polar surface area (TPSA) is 125 Å². The van der Waals surface area contributed by atoms with Crippen LogP contribution >= 0.6 is 11.6 Å². The summed E-state index contributed by atoms with van der Waals surface area (Å²) in [5, 5.41) is 11.9. The van der Waals surface area contributed by atoms with Gasteiger partial charge in [-0.05, 0) is 19.8 Å². The summed E-state index contributed by atoms with van der Waals surface area (Å²) in [5.74, 6) is -2.79. The van der Waals surface area contributed by atoms with Crippen LogP contribution in [0.1, 0.15) is 36.6 Å². The fraction of sp³-hybridized carbons (Fsp3) is 0.600.